The van der Waals surface area contributed by atoms with Gasteiger partial charge in [0.1, 0.15) is 11.8 Å². The van der Waals surface area contributed by atoms with E-state index in [1.807, 2.05) is 6.21 Å². The fourth-order valence-corrected chi connectivity index (χ4v) is 1.90. The third kappa shape index (κ3) is 2.20. The van der Waals surface area contributed by atoms with E-state index in [1.54, 1.807) is 6.33 Å². The Morgan fingerprint density at radius 3 is 2.82 bits per heavy atom. The first-order chi connectivity index (χ1) is 8.27. The minimum Gasteiger partial charge on any atom is -0.342 e. The molecule has 0 atom stereocenters. The second-order valence-electron chi connectivity index (χ2n) is 4.21. The van der Waals surface area contributed by atoms with Crippen LogP contribution in [0.1, 0.15) is 32.3 Å². The second kappa shape index (κ2) is 5.08. The number of hydrogen-bond donors (Lipinski definition) is 0. The molecule has 0 fully saturated rings. The summed E-state index contributed by atoms with van der Waals surface area (Å²) in [4.78, 5) is 12.8. The van der Waals surface area contributed by atoms with Crippen molar-refractivity contribution in [3.63, 3.8) is 0 Å². The van der Waals surface area contributed by atoms with Crippen molar-refractivity contribution in [2.24, 2.45) is 4.99 Å². The number of aliphatic imine (C=N–C) groups is 1. The van der Waals surface area contributed by atoms with Gasteiger partial charge in [-0.05, 0) is 12.5 Å². The van der Waals surface area contributed by atoms with Crippen LogP contribution in [0.2, 0.25) is 0 Å². The van der Waals surface area contributed by atoms with E-state index in [9.17, 15) is 0 Å². The third-order valence-corrected chi connectivity index (χ3v) is 2.53. The first-order valence-electron chi connectivity index (χ1n) is 6.10. The Morgan fingerprint density at radius 1 is 1.29 bits per heavy atom. The highest BCUT2D eigenvalue weighted by Crippen LogP contribution is 2.27. The zero-order chi connectivity index (χ0) is 12.3. The lowest BCUT2D eigenvalue weighted by atomic mass is 10.3. The summed E-state index contributed by atoms with van der Waals surface area (Å²) in [5.74, 6) is 0.792. The number of hydrogen-bond acceptors (Lipinski definition) is 3. The number of aryl methyl sites for hydroxylation is 2. The summed E-state index contributed by atoms with van der Waals surface area (Å²) >= 11 is 0. The Kier molecular flexibility index (Phi) is 3.52. The zero-order valence-electron chi connectivity index (χ0n) is 10.6. The van der Waals surface area contributed by atoms with Gasteiger partial charge in [0, 0.05) is 25.4 Å². The van der Waals surface area contributed by atoms with Crippen molar-refractivity contribution in [3.8, 4) is 0 Å². The number of aromatic nitrogens is 3. The largest absolute Gasteiger partial charge is 0.342 e. The lowest BCUT2D eigenvalue weighted by Crippen LogP contribution is -1.94. The molecule has 17 heavy (non-hydrogen) atoms. The summed E-state index contributed by atoms with van der Waals surface area (Å²) in [6, 6.07) is 0. The molecule has 0 aromatic carbocycles. The Balaban J connectivity index is 0.000000329. The smallest absolute Gasteiger partial charge is 0.179 e. The second-order valence-corrected chi connectivity index (χ2v) is 4.21. The molecule has 2 aromatic heterocycles. The molecule has 1 aliphatic rings. The van der Waals surface area contributed by atoms with Gasteiger partial charge in [-0.15, -0.1) is 0 Å². The average Bonchev–Trinajstić information content (AvgIpc) is 2.52. The van der Waals surface area contributed by atoms with Crippen LogP contribution in [-0.4, -0.2) is 20.7 Å². The molecule has 0 saturated heterocycles. The maximum Gasteiger partial charge on any atom is 0.179 e. The van der Waals surface area contributed by atoms with Gasteiger partial charge in [-0.2, -0.15) is 0 Å². The molecular formula is C13H18N4. The van der Waals surface area contributed by atoms with Crippen molar-refractivity contribution in [1.82, 2.24) is 14.5 Å². The van der Waals surface area contributed by atoms with Crippen molar-refractivity contribution < 1.29 is 0 Å². The minimum absolute atomic E-state index is 0.792. The molecule has 0 radical (unpaired) electrons. The van der Waals surface area contributed by atoms with Crippen LogP contribution in [0.3, 0.4) is 0 Å². The highest BCUT2D eigenvalue weighted by molar-refractivity contribution is 5.89. The molecular weight excluding hydrogens is 212 g/mol. The van der Waals surface area contributed by atoms with Crippen molar-refractivity contribution >= 4 is 23.1 Å². The molecule has 0 spiro atoms. The molecule has 0 bridgehead atoms. The molecule has 0 aliphatic carbocycles. The molecule has 3 heterocycles. The third-order valence-electron chi connectivity index (χ3n) is 2.53. The van der Waals surface area contributed by atoms with Gasteiger partial charge in [0.05, 0.1) is 5.52 Å². The maximum atomic E-state index is 4.32. The molecule has 0 saturated carbocycles. The summed E-state index contributed by atoms with van der Waals surface area (Å²) in [6.45, 7) is 7.29. The quantitative estimate of drug-likeness (QED) is 0.697. The summed E-state index contributed by atoms with van der Waals surface area (Å²) in [6.07, 6.45) is 7.83. The van der Waals surface area contributed by atoms with E-state index >= 15 is 0 Å². The van der Waals surface area contributed by atoms with Crippen molar-refractivity contribution in [3.05, 3.63) is 18.1 Å². The van der Waals surface area contributed by atoms with Gasteiger partial charge in [0.2, 0.25) is 0 Å². The van der Waals surface area contributed by atoms with E-state index in [4.69, 9.17) is 0 Å². The predicted molar refractivity (Wildman–Crippen MR) is 71.0 cm³/mol. The van der Waals surface area contributed by atoms with Gasteiger partial charge in [0.15, 0.2) is 5.82 Å². The minimum atomic E-state index is 0.792. The summed E-state index contributed by atoms with van der Waals surface area (Å²) < 4.78 is 2.19. The van der Waals surface area contributed by atoms with Crippen LogP contribution < -0.4 is 0 Å². The molecule has 4 nitrogen and oxygen atoms in total. The van der Waals surface area contributed by atoms with Crippen LogP contribution in [0.15, 0.2) is 17.5 Å². The summed E-state index contributed by atoms with van der Waals surface area (Å²) in [5, 5.41) is 0. The maximum absolute atomic E-state index is 4.32. The normalized spacial score (nSPS) is 13.1. The van der Waals surface area contributed by atoms with E-state index in [0.717, 1.165) is 29.8 Å². The van der Waals surface area contributed by atoms with Gasteiger partial charge in [-0.25, -0.2) is 15.0 Å². The SMILES string of the molecule is CCC.Cc1cn2c3c(ncnc13)N=CCC2. The lowest BCUT2D eigenvalue weighted by molar-refractivity contribution is 0.763. The van der Waals surface area contributed by atoms with Gasteiger partial charge in [0.25, 0.3) is 0 Å². The molecule has 0 N–H and O–H groups in total. The van der Waals surface area contributed by atoms with Crippen molar-refractivity contribution in [1.29, 1.82) is 0 Å². The summed E-state index contributed by atoms with van der Waals surface area (Å²) in [7, 11) is 0. The molecule has 4 heteroatoms. The van der Waals surface area contributed by atoms with Crippen LogP contribution in [0.4, 0.5) is 5.82 Å². The first kappa shape index (κ1) is 11.8. The van der Waals surface area contributed by atoms with Crippen LogP contribution in [-0.2, 0) is 6.54 Å². The highest BCUT2D eigenvalue weighted by atomic mass is 15.1. The van der Waals surface area contributed by atoms with E-state index in [1.165, 1.54) is 12.0 Å². The average molecular weight is 230 g/mol. The van der Waals surface area contributed by atoms with Crippen molar-refractivity contribution in [2.75, 3.05) is 0 Å². The molecule has 90 valence electrons. The number of rotatable bonds is 0. The van der Waals surface area contributed by atoms with Crippen molar-refractivity contribution in [2.45, 2.75) is 40.2 Å². The topological polar surface area (TPSA) is 43.1 Å². The van der Waals surface area contributed by atoms with Crippen LogP contribution in [0.25, 0.3) is 11.0 Å². The van der Waals surface area contributed by atoms with Crippen LogP contribution >= 0.6 is 0 Å². The monoisotopic (exact) mass is 230 g/mol. The van der Waals surface area contributed by atoms with E-state index in [0.29, 0.717) is 0 Å². The molecule has 2 aromatic rings. The van der Waals surface area contributed by atoms with Gasteiger partial charge in [-0.3, -0.25) is 0 Å². The fourth-order valence-electron chi connectivity index (χ4n) is 1.90. The van der Waals surface area contributed by atoms with E-state index in [-0.39, 0.29) is 0 Å². The fraction of sp³-hybridized carbons (Fsp3) is 0.462. The van der Waals surface area contributed by atoms with Gasteiger partial charge < -0.3 is 4.57 Å². The number of nitrogens with zero attached hydrogens (tertiary/aromatic N) is 4. The summed E-state index contributed by atoms with van der Waals surface area (Å²) in [5.41, 5.74) is 3.29. The highest BCUT2D eigenvalue weighted by Gasteiger charge is 2.12. The molecule has 0 amide bonds. The van der Waals surface area contributed by atoms with E-state index in [2.05, 4.69) is 46.5 Å². The zero-order valence-corrected chi connectivity index (χ0v) is 10.6. The van der Waals surface area contributed by atoms with Gasteiger partial charge in [-0.1, -0.05) is 20.3 Å². The van der Waals surface area contributed by atoms with E-state index < -0.39 is 0 Å². The Labute approximate surface area is 101 Å². The molecule has 1 aliphatic heterocycles. The Hall–Kier alpha value is -1.71. The first-order valence-corrected chi connectivity index (χ1v) is 6.10. The van der Waals surface area contributed by atoms with Crippen LogP contribution in [0.5, 0.6) is 0 Å². The van der Waals surface area contributed by atoms with Gasteiger partial charge >= 0.3 is 0 Å². The standard InChI is InChI=1S/C10H10N4.C3H8/c1-7-5-14-4-2-3-11-10-9(14)8(7)12-6-13-10;1-3-2/h3,5-6H,2,4H2,1H3;3H2,1-2H3. The Morgan fingerprint density at radius 2 is 2.06 bits per heavy atom. The lowest BCUT2D eigenvalue weighted by Gasteiger charge is -1.99. The predicted octanol–water partition coefficient (Wildman–Crippen LogP) is 3.26. The molecule has 3 rings (SSSR count). The Bertz CT molecular complexity index is 540. The molecule has 0 unspecified atom stereocenters. The van der Waals surface area contributed by atoms with Crippen LogP contribution in [0, 0.1) is 6.92 Å².